The van der Waals surface area contributed by atoms with E-state index >= 15 is 0 Å². The molecule has 0 atom stereocenters. The Morgan fingerprint density at radius 3 is 2.88 bits per heavy atom. The number of anilines is 1. The second-order valence-electron chi connectivity index (χ2n) is 4.33. The lowest BCUT2D eigenvalue weighted by atomic mass is 10.2. The summed E-state index contributed by atoms with van der Waals surface area (Å²) < 4.78 is 2.24. The van der Waals surface area contributed by atoms with Gasteiger partial charge >= 0.3 is 0 Å². The number of alkyl halides is 1. The number of hydrogen-bond donors (Lipinski definition) is 0. The van der Waals surface area contributed by atoms with Crippen LogP contribution in [0.2, 0.25) is 0 Å². The predicted octanol–water partition coefficient (Wildman–Crippen LogP) is 3.05. The van der Waals surface area contributed by atoms with E-state index in [1.54, 1.807) is 0 Å². The highest BCUT2D eigenvalue weighted by atomic mass is 79.9. The normalized spacial score (nSPS) is 16.9. The second kappa shape index (κ2) is 5.71. The minimum Gasteiger partial charge on any atom is -0.338 e. The monoisotopic (exact) mass is 285 g/mol. The number of aryl methyl sites for hydroxylation is 1. The lowest BCUT2D eigenvalue weighted by molar-refractivity contribution is 0.588. The highest BCUT2D eigenvalue weighted by Crippen LogP contribution is 2.27. The molecule has 1 aromatic rings. The molecule has 16 heavy (non-hydrogen) atoms. The molecule has 0 bridgehead atoms. The molecule has 0 amide bonds. The summed E-state index contributed by atoms with van der Waals surface area (Å²) in [5, 5.41) is 1.01. The van der Waals surface area contributed by atoms with E-state index in [1.807, 2.05) is 6.20 Å². The topological polar surface area (TPSA) is 21.1 Å². The Morgan fingerprint density at radius 1 is 1.50 bits per heavy atom. The molecule has 1 aliphatic carbocycles. The number of hydrogen-bond acceptors (Lipinski definition) is 2. The van der Waals surface area contributed by atoms with Crippen LogP contribution < -0.4 is 4.90 Å². The molecule has 1 aliphatic rings. The van der Waals surface area contributed by atoms with E-state index in [-0.39, 0.29) is 0 Å². The van der Waals surface area contributed by atoms with Gasteiger partial charge in [0.25, 0.3) is 0 Å². The van der Waals surface area contributed by atoms with Crippen molar-refractivity contribution in [2.45, 2.75) is 45.2 Å². The van der Waals surface area contributed by atoms with Crippen molar-refractivity contribution in [2.75, 3.05) is 16.8 Å². The van der Waals surface area contributed by atoms with Crippen LogP contribution in [-0.4, -0.2) is 27.5 Å². The molecule has 1 saturated carbocycles. The molecule has 3 nitrogen and oxygen atoms in total. The van der Waals surface area contributed by atoms with Gasteiger partial charge in [-0.2, -0.15) is 0 Å². The van der Waals surface area contributed by atoms with Gasteiger partial charge in [0.05, 0.1) is 0 Å². The smallest absolute Gasteiger partial charge is 0.205 e. The van der Waals surface area contributed by atoms with Crippen LogP contribution >= 0.6 is 15.9 Å². The fourth-order valence-corrected chi connectivity index (χ4v) is 2.94. The maximum Gasteiger partial charge on any atom is 0.205 e. The van der Waals surface area contributed by atoms with E-state index in [2.05, 4.69) is 43.5 Å². The highest BCUT2D eigenvalue weighted by Gasteiger charge is 2.24. The molecule has 1 heterocycles. The van der Waals surface area contributed by atoms with Crippen LogP contribution in [0.15, 0.2) is 12.4 Å². The van der Waals surface area contributed by atoms with Gasteiger partial charge < -0.3 is 9.47 Å². The third-order valence-corrected chi connectivity index (χ3v) is 3.74. The molecule has 90 valence electrons. The third-order valence-electron chi connectivity index (χ3n) is 3.38. The van der Waals surface area contributed by atoms with Gasteiger partial charge in [-0.3, -0.25) is 0 Å². The molecule has 0 unspecified atom stereocenters. The Labute approximate surface area is 106 Å². The molecular weight excluding hydrogens is 266 g/mol. The van der Waals surface area contributed by atoms with Crippen molar-refractivity contribution in [1.82, 2.24) is 9.55 Å². The van der Waals surface area contributed by atoms with Crippen LogP contribution in [0.25, 0.3) is 0 Å². The summed E-state index contributed by atoms with van der Waals surface area (Å²) in [6.07, 6.45) is 9.38. The van der Waals surface area contributed by atoms with Gasteiger partial charge in [0.15, 0.2) is 0 Å². The van der Waals surface area contributed by atoms with E-state index in [4.69, 9.17) is 0 Å². The summed E-state index contributed by atoms with van der Waals surface area (Å²) in [5.41, 5.74) is 0. The average molecular weight is 286 g/mol. The Kier molecular flexibility index (Phi) is 4.27. The standard InChI is InChI=1S/C12H20BrN3/c1-2-15-10-8-14-12(15)16(9-7-13)11-5-3-4-6-11/h8,10-11H,2-7,9H2,1H3. The molecule has 0 aliphatic heterocycles. The Bertz CT molecular complexity index is 318. The molecule has 1 fully saturated rings. The van der Waals surface area contributed by atoms with Crippen LogP contribution in [0.4, 0.5) is 5.95 Å². The van der Waals surface area contributed by atoms with E-state index in [0.29, 0.717) is 6.04 Å². The van der Waals surface area contributed by atoms with Crippen molar-refractivity contribution in [3.05, 3.63) is 12.4 Å². The average Bonchev–Trinajstić information content (AvgIpc) is 2.96. The summed E-state index contributed by atoms with van der Waals surface area (Å²) in [6.45, 7) is 4.23. The first-order valence-electron chi connectivity index (χ1n) is 6.20. The molecule has 0 radical (unpaired) electrons. The van der Waals surface area contributed by atoms with Crippen molar-refractivity contribution in [1.29, 1.82) is 0 Å². The van der Waals surface area contributed by atoms with Crippen LogP contribution in [0.1, 0.15) is 32.6 Å². The second-order valence-corrected chi connectivity index (χ2v) is 5.13. The van der Waals surface area contributed by atoms with Gasteiger partial charge in [-0.25, -0.2) is 4.98 Å². The first kappa shape index (κ1) is 12.0. The van der Waals surface area contributed by atoms with E-state index < -0.39 is 0 Å². The van der Waals surface area contributed by atoms with Crippen LogP contribution in [-0.2, 0) is 6.54 Å². The zero-order valence-electron chi connectivity index (χ0n) is 9.90. The Hall–Kier alpha value is -0.510. The van der Waals surface area contributed by atoms with Gasteiger partial charge in [-0.05, 0) is 19.8 Å². The SMILES string of the molecule is CCn1ccnc1N(CCBr)C1CCCC1. The van der Waals surface area contributed by atoms with Gasteiger partial charge in [-0.15, -0.1) is 0 Å². The minimum atomic E-state index is 0.699. The number of rotatable bonds is 5. The van der Waals surface area contributed by atoms with E-state index in [9.17, 15) is 0 Å². The number of aromatic nitrogens is 2. The highest BCUT2D eigenvalue weighted by molar-refractivity contribution is 9.09. The van der Waals surface area contributed by atoms with Crippen LogP contribution in [0.3, 0.4) is 0 Å². The molecule has 1 aromatic heterocycles. The summed E-state index contributed by atoms with van der Waals surface area (Å²) in [5.74, 6) is 1.15. The zero-order chi connectivity index (χ0) is 11.4. The molecule has 2 rings (SSSR count). The van der Waals surface area contributed by atoms with Gasteiger partial charge in [-0.1, -0.05) is 28.8 Å². The van der Waals surface area contributed by atoms with Crippen LogP contribution in [0, 0.1) is 0 Å². The maximum absolute atomic E-state index is 4.52. The first-order valence-corrected chi connectivity index (χ1v) is 7.32. The molecule has 0 spiro atoms. The summed E-state index contributed by atoms with van der Waals surface area (Å²) in [7, 11) is 0. The van der Waals surface area contributed by atoms with Gasteiger partial charge in [0, 0.05) is 36.9 Å². The van der Waals surface area contributed by atoms with E-state index in [1.165, 1.54) is 25.7 Å². The Morgan fingerprint density at radius 2 is 2.25 bits per heavy atom. The first-order chi connectivity index (χ1) is 7.86. The largest absolute Gasteiger partial charge is 0.338 e. The van der Waals surface area contributed by atoms with Crippen molar-refractivity contribution < 1.29 is 0 Å². The van der Waals surface area contributed by atoms with Crippen molar-refractivity contribution >= 4 is 21.9 Å². The summed E-state index contributed by atoms with van der Waals surface area (Å²) in [4.78, 5) is 7.00. The number of nitrogens with zero attached hydrogens (tertiary/aromatic N) is 3. The quantitative estimate of drug-likeness (QED) is 0.776. The minimum absolute atomic E-state index is 0.699. The van der Waals surface area contributed by atoms with Crippen molar-refractivity contribution in [3.63, 3.8) is 0 Å². The van der Waals surface area contributed by atoms with Crippen molar-refractivity contribution in [2.24, 2.45) is 0 Å². The molecule has 0 aromatic carbocycles. The number of halogens is 1. The van der Waals surface area contributed by atoms with Gasteiger partial charge in [0.1, 0.15) is 0 Å². The van der Waals surface area contributed by atoms with Crippen molar-refractivity contribution in [3.8, 4) is 0 Å². The maximum atomic E-state index is 4.52. The van der Waals surface area contributed by atoms with E-state index in [0.717, 1.165) is 24.4 Å². The lowest BCUT2D eigenvalue weighted by Gasteiger charge is -2.29. The number of imidazole rings is 1. The fourth-order valence-electron chi connectivity index (χ4n) is 2.56. The zero-order valence-corrected chi connectivity index (χ0v) is 11.5. The van der Waals surface area contributed by atoms with Gasteiger partial charge in [0.2, 0.25) is 5.95 Å². The molecular formula is C12H20BrN3. The Balaban J connectivity index is 2.17. The lowest BCUT2D eigenvalue weighted by Crippen LogP contribution is -2.36. The fraction of sp³-hybridized carbons (Fsp3) is 0.750. The molecule has 0 saturated heterocycles. The summed E-state index contributed by atoms with van der Waals surface area (Å²) in [6, 6.07) is 0.699. The third kappa shape index (κ3) is 2.42. The summed E-state index contributed by atoms with van der Waals surface area (Å²) >= 11 is 3.55. The molecule has 4 heteroatoms. The van der Waals surface area contributed by atoms with Crippen LogP contribution in [0.5, 0.6) is 0 Å². The predicted molar refractivity (Wildman–Crippen MR) is 71.3 cm³/mol. The molecule has 0 N–H and O–H groups in total.